The van der Waals surface area contributed by atoms with Crippen LogP contribution in [-0.4, -0.2) is 25.3 Å². The van der Waals surface area contributed by atoms with Gasteiger partial charge in [0.25, 0.3) is 0 Å². The second-order valence-electron chi connectivity index (χ2n) is 5.79. The highest BCUT2D eigenvalue weighted by molar-refractivity contribution is 6.09. The molecule has 0 amide bonds. The first-order valence-corrected chi connectivity index (χ1v) is 9.29. The number of hydrogen-bond acceptors (Lipinski definition) is 6. The van der Waals surface area contributed by atoms with Gasteiger partial charge in [-0.05, 0) is 61.2 Å². The van der Waals surface area contributed by atoms with Gasteiger partial charge >= 0.3 is 0 Å². The zero-order valence-corrected chi connectivity index (χ0v) is 17.0. The maximum absolute atomic E-state index is 11.9. The summed E-state index contributed by atoms with van der Waals surface area (Å²) in [5.41, 5.74) is 5.24. The standard InChI is InChI=1S/C24H27NO5/c1-3-22(29-16-7-5-4-6-15-25)19-24(28-2)11-8-10-20(26)18-21(27)13-14-23-12-9-17-30-23/h3-6,8-15,17,19H,1,7,16,18,25H2,2H3/b5-4-,10-8+,14-13+,15-6-,22-19+,24-11-. The van der Waals surface area contributed by atoms with E-state index in [-0.39, 0.29) is 18.0 Å². The van der Waals surface area contributed by atoms with Crippen molar-refractivity contribution in [2.45, 2.75) is 12.8 Å². The number of furan rings is 1. The fourth-order valence-electron chi connectivity index (χ4n) is 2.06. The molecular formula is C24H27NO5. The Bertz CT molecular complexity index is 852. The van der Waals surface area contributed by atoms with Gasteiger partial charge < -0.3 is 19.6 Å². The fraction of sp³-hybridized carbons (Fsp3) is 0.167. The van der Waals surface area contributed by atoms with Gasteiger partial charge in [-0.2, -0.15) is 0 Å². The van der Waals surface area contributed by atoms with Crippen molar-refractivity contribution in [2.24, 2.45) is 5.73 Å². The molecule has 0 radical (unpaired) electrons. The zero-order chi connectivity index (χ0) is 22.0. The van der Waals surface area contributed by atoms with E-state index < -0.39 is 0 Å². The van der Waals surface area contributed by atoms with E-state index in [4.69, 9.17) is 19.6 Å². The molecule has 0 spiro atoms. The van der Waals surface area contributed by atoms with Crippen molar-refractivity contribution in [3.63, 3.8) is 0 Å². The molecule has 1 aromatic heterocycles. The predicted octanol–water partition coefficient (Wildman–Crippen LogP) is 4.41. The zero-order valence-electron chi connectivity index (χ0n) is 17.0. The molecule has 0 aliphatic heterocycles. The van der Waals surface area contributed by atoms with Crippen LogP contribution in [0.25, 0.3) is 6.08 Å². The van der Waals surface area contributed by atoms with Crippen LogP contribution in [0.15, 0.2) is 102 Å². The second-order valence-corrected chi connectivity index (χ2v) is 5.79. The Balaban J connectivity index is 2.55. The maximum Gasteiger partial charge on any atom is 0.163 e. The van der Waals surface area contributed by atoms with E-state index in [2.05, 4.69) is 6.58 Å². The lowest BCUT2D eigenvalue weighted by atomic mass is 10.1. The lowest BCUT2D eigenvalue weighted by Crippen LogP contribution is -2.01. The summed E-state index contributed by atoms with van der Waals surface area (Å²) in [6.07, 6.45) is 19.4. The highest BCUT2D eigenvalue weighted by Crippen LogP contribution is 2.08. The molecule has 0 aromatic carbocycles. The summed E-state index contributed by atoms with van der Waals surface area (Å²) in [4.78, 5) is 23.7. The number of nitrogens with two attached hydrogens (primary N) is 1. The van der Waals surface area contributed by atoms with Gasteiger partial charge in [-0.25, -0.2) is 0 Å². The third-order valence-electron chi connectivity index (χ3n) is 3.50. The molecule has 0 saturated carbocycles. The van der Waals surface area contributed by atoms with Crippen molar-refractivity contribution in [3.8, 4) is 0 Å². The van der Waals surface area contributed by atoms with Gasteiger partial charge in [0.15, 0.2) is 11.6 Å². The Labute approximate surface area is 177 Å². The molecule has 0 bridgehead atoms. The number of hydrogen-bond donors (Lipinski definition) is 1. The molecule has 0 unspecified atom stereocenters. The summed E-state index contributed by atoms with van der Waals surface area (Å²) in [6, 6.07) is 3.43. The maximum atomic E-state index is 11.9. The van der Waals surface area contributed by atoms with Crippen molar-refractivity contribution < 1.29 is 23.5 Å². The first kappa shape index (κ1) is 24.2. The van der Waals surface area contributed by atoms with Crippen molar-refractivity contribution >= 4 is 17.6 Å². The van der Waals surface area contributed by atoms with Crippen LogP contribution >= 0.6 is 0 Å². The summed E-state index contributed by atoms with van der Waals surface area (Å²) in [5.74, 6) is 0.923. The van der Waals surface area contributed by atoms with E-state index in [0.717, 1.165) is 0 Å². The summed E-state index contributed by atoms with van der Waals surface area (Å²) in [5, 5.41) is 0. The molecule has 0 aliphatic rings. The van der Waals surface area contributed by atoms with Crippen LogP contribution in [0, 0.1) is 0 Å². The lowest BCUT2D eigenvalue weighted by Gasteiger charge is -2.06. The number of methoxy groups -OCH3 is 1. The Morgan fingerprint density at radius 3 is 2.63 bits per heavy atom. The number of ketones is 2. The molecule has 1 rings (SSSR count). The SMILES string of the molecule is C=C\C(=C/C(=C/C=C/C(=O)CC(=O)/C=C/c1ccco1)OC)OCC/C=C\C=C/N. The minimum Gasteiger partial charge on any atom is -0.497 e. The average Bonchev–Trinajstić information content (AvgIpc) is 3.26. The number of carbonyl (C=O) groups is 2. The Morgan fingerprint density at radius 1 is 1.17 bits per heavy atom. The summed E-state index contributed by atoms with van der Waals surface area (Å²) >= 11 is 0. The molecule has 6 heteroatoms. The van der Waals surface area contributed by atoms with Gasteiger partial charge in [-0.3, -0.25) is 9.59 Å². The van der Waals surface area contributed by atoms with Gasteiger partial charge in [-0.1, -0.05) is 24.8 Å². The van der Waals surface area contributed by atoms with Crippen LogP contribution in [0.4, 0.5) is 0 Å². The van der Waals surface area contributed by atoms with Crippen molar-refractivity contribution in [1.29, 1.82) is 0 Å². The van der Waals surface area contributed by atoms with Crippen LogP contribution in [-0.2, 0) is 19.1 Å². The molecule has 2 N–H and O–H groups in total. The first-order chi connectivity index (χ1) is 14.6. The van der Waals surface area contributed by atoms with Crippen molar-refractivity contribution in [2.75, 3.05) is 13.7 Å². The van der Waals surface area contributed by atoms with E-state index in [9.17, 15) is 9.59 Å². The largest absolute Gasteiger partial charge is 0.497 e. The third-order valence-corrected chi connectivity index (χ3v) is 3.50. The van der Waals surface area contributed by atoms with Crippen LogP contribution in [0.2, 0.25) is 0 Å². The average molecular weight is 409 g/mol. The van der Waals surface area contributed by atoms with E-state index in [1.807, 2.05) is 12.2 Å². The summed E-state index contributed by atoms with van der Waals surface area (Å²) in [7, 11) is 1.50. The van der Waals surface area contributed by atoms with Crippen LogP contribution in [0.5, 0.6) is 0 Å². The monoisotopic (exact) mass is 409 g/mol. The van der Waals surface area contributed by atoms with E-state index in [1.165, 1.54) is 43.9 Å². The molecule has 6 nitrogen and oxygen atoms in total. The smallest absolute Gasteiger partial charge is 0.163 e. The minimum absolute atomic E-state index is 0.229. The Kier molecular flexibility index (Phi) is 12.2. The fourth-order valence-corrected chi connectivity index (χ4v) is 2.06. The molecule has 0 aliphatic carbocycles. The normalized spacial score (nSPS) is 13.0. The molecule has 1 heterocycles. The Morgan fingerprint density at radius 2 is 1.97 bits per heavy atom. The third kappa shape index (κ3) is 11.1. The van der Waals surface area contributed by atoms with E-state index in [0.29, 0.717) is 30.3 Å². The Hall–Kier alpha value is -3.80. The minimum atomic E-state index is -0.321. The van der Waals surface area contributed by atoms with Gasteiger partial charge in [0.05, 0.1) is 26.4 Å². The highest BCUT2D eigenvalue weighted by atomic mass is 16.5. The topological polar surface area (TPSA) is 91.8 Å². The van der Waals surface area contributed by atoms with Crippen LogP contribution in [0.1, 0.15) is 18.6 Å². The van der Waals surface area contributed by atoms with E-state index >= 15 is 0 Å². The van der Waals surface area contributed by atoms with Crippen LogP contribution < -0.4 is 5.73 Å². The predicted molar refractivity (Wildman–Crippen MR) is 118 cm³/mol. The molecular weight excluding hydrogens is 382 g/mol. The quantitative estimate of drug-likeness (QED) is 0.161. The molecule has 0 fully saturated rings. The van der Waals surface area contributed by atoms with Gasteiger partial charge in [-0.15, -0.1) is 0 Å². The number of rotatable bonds is 14. The van der Waals surface area contributed by atoms with Gasteiger partial charge in [0.1, 0.15) is 17.3 Å². The molecule has 0 atom stereocenters. The van der Waals surface area contributed by atoms with Crippen molar-refractivity contribution in [3.05, 3.63) is 103 Å². The summed E-state index contributed by atoms with van der Waals surface area (Å²) < 4.78 is 15.9. The van der Waals surface area contributed by atoms with Gasteiger partial charge in [0, 0.05) is 6.08 Å². The lowest BCUT2D eigenvalue weighted by molar-refractivity contribution is -0.121. The number of allylic oxidation sites excluding steroid dienone is 8. The first-order valence-electron chi connectivity index (χ1n) is 9.29. The number of carbonyl (C=O) groups excluding carboxylic acids is 2. The molecule has 30 heavy (non-hydrogen) atoms. The molecule has 1 aromatic rings. The molecule has 158 valence electrons. The van der Waals surface area contributed by atoms with Crippen molar-refractivity contribution in [1.82, 2.24) is 0 Å². The van der Waals surface area contributed by atoms with E-state index in [1.54, 1.807) is 36.4 Å². The second kappa shape index (κ2) is 15.2. The van der Waals surface area contributed by atoms with Crippen LogP contribution in [0.3, 0.4) is 0 Å². The highest BCUT2D eigenvalue weighted by Gasteiger charge is 2.03. The van der Waals surface area contributed by atoms with Gasteiger partial charge in [0.2, 0.25) is 0 Å². The number of ether oxygens (including phenoxy) is 2. The molecule has 0 saturated heterocycles. The summed E-state index contributed by atoms with van der Waals surface area (Å²) in [6.45, 7) is 4.17.